The minimum Gasteiger partial charge on any atom is -0.393 e. The molecule has 0 aromatic carbocycles. The molecule has 0 aliphatic heterocycles. The van der Waals surface area contributed by atoms with Crippen molar-refractivity contribution in [2.75, 3.05) is 0 Å². The zero-order chi connectivity index (χ0) is 16.7. The average molecular weight is 326 g/mol. The molecule has 4 aliphatic rings. The molecule has 0 saturated heterocycles. The molecular weight excluding hydrogens is 296 g/mol. The normalized spacial score (nSPS) is 46.6. The molecule has 1 aromatic heterocycles. The number of fused-ring (bicyclic) bond motifs is 7. The van der Waals surface area contributed by atoms with Gasteiger partial charge in [0.25, 0.3) is 0 Å². The zero-order valence-corrected chi connectivity index (χ0v) is 15.2. The molecule has 0 radical (unpaired) electrons. The van der Waals surface area contributed by atoms with Crippen LogP contribution in [-0.4, -0.2) is 21.4 Å². The molecule has 3 heteroatoms. The van der Waals surface area contributed by atoms with Crippen molar-refractivity contribution in [3.63, 3.8) is 0 Å². The fourth-order valence-corrected chi connectivity index (χ4v) is 7.24. The maximum atomic E-state index is 10.1. The van der Waals surface area contributed by atoms with Crippen LogP contribution >= 0.6 is 0 Å². The summed E-state index contributed by atoms with van der Waals surface area (Å²) in [6, 6.07) is 0. The Hall–Kier alpha value is -1.09. The van der Waals surface area contributed by atoms with Crippen LogP contribution in [0.2, 0.25) is 0 Å². The second-order valence-electron chi connectivity index (χ2n) is 9.49. The molecule has 2 fully saturated rings. The van der Waals surface area contributed by atoms with E-state index in [1.165, 1.54) is 43.5 Å². The number of hydrogen-bond acceptors (Lipinski definition) is 2. The summed E-state index contributed by atoms with van der Waals surface area (Å²) in [6.45, 7) is 7.21. The number of aromatic nitrogens is 2. The van der Waals surface area contributed by atoms with E-state index >= 15 is 0 Å². The highest BCUT2D eigenvalue weighted by Crippen LogP contribution is 2.64. The first-order valence-corrected chi connectivity index (χ1v) is 9.85. The Balaban J connectivity index is 1.54. The third-order valence-electron chi connectivity index (χ3n) is 8.47. The van der Waals surface area contributed by atoms with Crippen LogP contribution in [0, 0.1) is 30.1 Å². The zero-order valence-electron chi connectivity index (χ0n) is 15.2. The maximum absolute atomic E-state index is 10.1. The van der Waals surface area contributed by atoms with Crippen molar-refractivity contribution in [1.82, 2.24) is 10.2 Å². The molecule has 0 amide bonds. The van der Waals surface area contributed by atoms with Gasteiger partial charge in [0.05, 0.1) is 11.8 Å². The molecule has 130 valence electrons. The first-order valence-electron chi connectivity index (χ1n) is 9.85. The number of H-pyrrole nitrogens is 1. The van der Waals surface area contributed by atoms with Crippen LogP contribution in [0.15, 0.2) is 11.6 Å². The number of allylic oxidation sites excluding steroid dienone is 1. The summed E-state index contributed by atoms with van der Waals surface area (Å²) < 4.78 is 0. The summed E-state index contributed by atoms with van der Waals surface area (Å²) in [5.41, 5.74) is 6.42. The molecule has 0 unspecified atom stereocenters. The van der Waals surface area contributed by atoms with Crippen molar-refractivity contribution in [2.24, 2.45) is 23.2 Å². The SMILES string of the molecule is Cc1[nH]nc2c1[C@]1(C)CC[C@@H]3[C@H](CC=C4C[C@H](O)CC[C@@]43C)[C@@H]1C2. The van der Waals surface area contributed by atoms with E-state index in [0.29, 0.717) is 10.8 Å². The Bertz CT molecular complexity index is 719. The summed E-state index contributed by atoms with van der Waals surface area (Å²) in [5.74, 6) is 2.35. The minimum absolute atomic E-state index is 0.103. The highest BCUT2D eigenvalue weighted by molar-refractivity contribution is 5.41. The summed E-state index contributed by atoms with van der Waals surface area (Å²) in [5, 5.41) is 18.0. The molecule has 1 heterocycles. The van der Waals surface area contributed by atoms with E-state index in [-0.39, 0.29) is 6.10 Å². The van der Waals surface area contributed by atoms with E-state index < -0.39 is 0 Å². The Kier molecular flexibility index (Phi) is 3.01. The Morgan fingerprint density at radius 1 is 1.12 bits per heavy atom. The van der Waals surface area contributed by atoms with Crippen LogP contribution in [0.1, 0.15) is 69.3 Å². The van der Waals surface area contributed by atoms with Gasteiger partial charge in [-0.25, -0.2) is 0 Å². The molecule has 6 atom stereocenters. The lowest BCUT2D eigenvalue weighted by Gasteiger charge is -2.57. The highest BCUT2D eigenvalue weighted by atomic mass is 16.3. The number of aliphatic hydroxyl groups is 1. The van der Waals surface area contributed by atoms with Crippen LogP contribution < -0.4 is 0 Å². The lowest BCUT2D eigenvalue weighted by molar-refractivity contribution is -0.0166. The molecular formula is C21H30N2O. The van der Waals surface area contributed by atoms with E-state index in [4.69, 9.17) is 0 Å². The van der Waals surface area contributed by atoms with E-state index in [1.54, 1.807) is 11.1 Å². The van der Waals surface area contributed by atoms with Crippen molar-refractivity contribution >= 4 is 0 Å². The quantitative estimate of drug-likeness (QED) is 0.707. The number of nitrogens with one attached hydrogen (secondary N) is 1. The fraction of sp³-hybridized carbons (Fsp3) is 0.762. The first-order chi connectivity index (χ1) is 11.4. The van der Waals surface area contributed by atoms with Crippen LogP contribution in [0.25, 0.3) is 0 Å². The molecule has 2 saturated carbocycles. The Labute approximate surface area is 144 Å². The Morgan fingerprint density at radius 2 is 1.92 bits per heavy atom. The van der Waals surface area contributed by atoms with Crippen molar-refractivity contribution in [3.8, 4) is 0 Å². The molecule has 2 N–H and O–H groups in total. The topological polar surface area (TPSA) is 48.9 Å². The Morgan fingerprint density at radius 3 is 2.75 bits per heavy atom. The standard InChI is InChI=1S/C21H30N2O/c1-12-19-18(23-22-12)11-17-15-5-4-13-10-14(24)6-8-20(13,2)16(15)7-9-21(17,19)3/h4,14-17,24H,5-11H2,1-3H3,(H,22,23)/t14-,15+,16-,17+,20+,21-/m1/s1. The molecule has 4 aliphatic carbocycles. The number of aryl methyl sites for hydroxylation is 1. The number of aliphatic hydroxyl groups excluding tert-OH is 1. The predicted octanol–water partition coefficient (Wildman–Crippen LogP) is 4.06. The van der Waals surface area contributed by atoms with Gasteiger partial charge in [0.2, 0.25) is 0 Å². The minimum atomic E-state index is -0.103. The lowest BCUT2D eigenvalue weighted by Crippen LogP contribution is -2.51. The number of nitrogens with zero attached hydrogens (tertiary/aromatic N) is 1. The molecule has 0 spiro atoms. The molecule has 5 rings (SSSR count). The van der Waals surface area contributed by atoms with E-state index in [1.807, 2.05) is 0 Å². The number of hydrogen-bond donors (Lipinski definition) is 2. The molecule has 3 nitrogen and oxygen atoms in total. The maximum Gasteiger partial charge on any atom is 0.0665 e. The van der Waals surface area contributed by atoms with Gasteiger partial charge in [-0.3, -0.25) is 5.10 Å². The van der Waals surface area contributed by atoms with Gasteiger partial charge in [0, 0.05) is 11.3 Å². The second kappa shape index (κ2) is 4.75. The van der Waals surface area contributed by atoms with E-state index in [9.17, 15) is 5.11 Å². The van der Waals surface area contributed by atoms with Crippen LogP contribution in [0.5, 0.6) is 0 Å². The van der Waals surface area contributed by atoms with Crippen molar-refractivity contribution in [2.45, 2.75) is 77.2 Å². The van der Waals surface area contributed by atoms with Crippen molar-refractivity contribution < 1.29 is 5.11 Å². The predicted molar refractivity (Wildman–Crippen MR) is 94.7 cm³/mol. The van der Waals surface area contributed by atoms with Gasteiger partial charge in [-0.1, -0.05) is 25.5 Å². The van der Waals surface area contributed by atoms with Gasteiger partial charge in [0.1, 0.15) is 0 Å². The second-order valence-corrected chi connectivity index (χ2v) is 9.49. The smallest absolute Gasteiger partial charge is 0.0665 e. The number of aromatic amines is 1. The third kappa shape index (κ3) is 1.75. The largest absolute Gasteiger partial charge is 0.393 e. The van der Waals surface area contributed by atoms with Gasteiger partial charge in [-0.15, -0.1) is 0 Å². The van der Waals surface area contributed by atoms with Crippen LogP contribution in [0.3, 0.4) is 0 Å². The van der Waals surface area contributed by atoms with Crippen molar-refractivity contribution in [1.29, 1.82) is 0 Å². The van der Waals surface area contributed by atoms with E-state index in [0.717, 1.165) is 30.6 Å². The van der Waals surface area contributed by atoms with Crippen molar-refractivity contribution in [3.05, 3.63) is 28.6 Å². The summed E-state index contributed by atoms with van der Waals surface area (Å²) in [4.78, 5) is 0. The summed E-state index contributed by atoms with van der Waals surface area (Å²) in [6.07, 6.45) is 10.5. The third-order valence-corrected chi connectivity index (χ3v) is 8.47. The van der Waals surface area contributed by atoms with E-state index in [2.05, 4.69) is 37.0 Å². The van der Waals surface area contributed by atoms with Gasteiger partial charge in [0.15, 0.2) is 0 Å². The van der Waals surface area contributed by atoms with Crippen LogP contribution in [0.4, 0.5) is 0 Å². The first kappa shape index (κ1) is 15.2. The average Bonchev–Trinajstić information content (AvgIpc) is 3.06. The van der Waals surface area contributed by atoms with Gasteiger partial charge in [-0.2, -0.15) is 5.10 Å². The molecule has 0 bridgehead atoms. The summed E-state index contributed by atoms with van der Waals surface area (Å²) >= 11 is 0. The van der Waals surface area contributed by atoms with Gasteiger partial charge in [-0.05, 0) is 80.5 Å². The summed E-state index contributed by atoms with van der Waals surface area (Å²) in [7, 11) is 0. The van der Waals surface area contributed by atoms with Gasteiger partial charge >= 0.3 is 0 Å². The highest BCUT2D eigenvalue weighted by Gasteiger charge is 2.58. The van der Waals surface area contributed by atoms with Crippen LogP contribution in [-0.2, 0) is 11.8 Å². The number of rotatable bonds is 0. The fourth-order valence-electron chi connectivity index (χ4n) is 7.24. The monoisotopic (exact) mass is 326 g/mol. The lowest BCUT2D eigenvalue weighted by atomic mass is 9.47. The molecule has 1 aromatic rings. The van der Waals surface area contributed by atoms with Gasteiger partial charge < -0.3 is 5.11 Å². The molecule has 24 heavy (non-hydrogen) atoms.